The first-order chi connectivity index (χ1) is 6.61. The quantitative estimate of drug-likeness (QED) is 0.509. The topological polar surface area (TPSA) is 75.6 Å². The standard InChI is InChI=1S/C8H15NO4S/c1-3-4-13-8(11)7(5-14-12)9-6(2)10/h7,12H,3-5H2,1-2H3,(H,9,10). The Kier molecular flexibility index (Phi) is 7.23. The summed E-state index contributed by atoms with van der Waals surface area (Å²) in [4.78, 5) is 22.0. The second-order valence-corrected chi connectivity index (χ2v) is 3.31. The van der Waals surface area contributed by atoms with Gasteiger partial charge in [-0.1, -0.05) is 6.92 Å². The highest BCUT2D eigenvalue weighted by molar-refractivity contribution is 7.93. The van der Waals surface area contributed by atoms with Gasteiger partial charge in [0.2, 0.25) is 5.91 Å². The maximum atomic E-state index is 11.3. The third kappa shape index (κ3) is 5.82. The minimum absolute atomic E-state index is 0.0993. The fraction of sp³-hybridized carbons (Fsp3) is 0.750. The number of nitrogens with one attached hydrogen (secondary N) is 1. The Hall–Kier alpha value is -0.750. The molecule has 0 aliphatic carbocycles. The van der Waals surface area contributed by atoms with Crippen LogP contribution in [0.25, 0.3) is 0 Å². The van der Waals surface area contributed by atoms with E-state index in [1.807, 2.05) is 6.92 Å². The predicted octanol–water partition coefficient (Wildman–Crippen LogP) is 0.650. The van der Waals surface area contributed by atoms with Gasteiger partial charge >= 0.3 is 5.97 Å². The predicted molar refractivity (Wildman–Crippen MR) is 53.9 cm³/mol. The van der Waals surface area contributed by atoms with E-state index in [2.05, 4.69) is 5.32 Å². The first kappa shape index (κ1) is 13.2. The Morgan fingerprint density at radius 2 is 2.21 bits per heavy atom. The van der Waals surface area contributed by atoms with Crippen molar-refractivity contribution in [2.24, 2.45) is 0 Å². The lowest BCUT2D eigenvalue weighted by Crippen LogP contribution is -2.42. The van der Waals surface area contributed by atoms with Crippen molar-refractivity contribution in [1.29, 1.82) is 0 Å². The summed E-state index contributed by atoms with van der Waals surface area (Å²) in [6.07, 6.45) is 0.727. The molecule has 2 N–H and O–H groups in total. The van der Waals surface area contributed by atoms with E-state index in [9.17, 15) is 9.59 Å². The highest BCUT2D eigenvalue weighted by Gasteiger charge is 2.20. The number of rotatable bonds is 6. The molecule has 0 saturated carbocycles. The van der Waals surface area contributed by atoms with Gasteiger partial charge < -0.3 is 14.6 Å². The minimum Gasteiger partial charge on any atom is -0.464 e. The maximum Gasteiger partial charge on any atom is 0.329 e. The number of carbonyl (C=O) groups excluding carboxylic acids is 2. The summed E-state index contributed by atoms with van der Waals surface area (Å²) in [5.41, 5.74) is 0. The molecule has 0 aromatic heterocycles. The third-order valence-electron chi connectivity index (χ3n) is 1.35. The average molecular weight is 221 g/mol. The first-order valence-electron chi connectivity index (χ1n) is 4.32. The lowest BCUT2D eigenvalue weighted by molar-refractivity contribution is -0.147. The van der Waals surface area contributed by atoms with Crippen LogP contribution in [0, 0.1) is 0 Å². The van der Waals surface area contributed by atoms with E-state index in [1.54, 1.807) is 0 Å². The van der Waals surface area contributed by atoms with Crippen LogP contribution in [0.15, 0.2) is 0 Å². The SMILES string of the molecule is CCCOC(=O)C(CSO)NC(C)=O. The normalized spacial score (nSPS) is 11.9. The van der Waals surface area contributed by atoms with Gasteiger partial charge in [-0.2, -0.15) is 0 Å². The zero-order chi connectivity index (χ0) is 11.0. The van der Waals surface area contributed by atoms with Crippen LogP contribution in [-0.2, 0) is 14.3 Å². The number of ether oxygens (including phenoxy) is 1. The van der Waals surface area contributed by atoms with E-state index in [4.69, 9.17) is 9.29 Å². The molecule has 0 aromatic rings. The van der Waals surface area contributed by atoms with Crippen molar-refractivity contribution < 1.29 is 18.9 Å². The lowest BCUT2D eigenvalue weighted by Gasteiger charge is -2.14. The van der Waals surface area contributed by atoms with Gasteiger partial charge in [0.25, 0.3) is 0 Å². The minimum atomic E-state index is -0.769. The average Bonchev–Trinajstić information content (AvgIpc) is 2.13. The largest absolute Gasteiger partial charge is 0.464 e. The second kappa shape index (κ2) is 7.64. The van der Waals surface area contributed by atoms with Crippen LogP contribution in [0.3, 0.4) is 0 Å². The molecule has 5 nitrogen and oxygen atoms in total. The molecule has 0 spiro atoms. The molecular weight excluding hydrogens is 206 g/mol. The van der Waals surface area contributed by atoms with Crippen molar-refractivity contribution in [2.75, 3.05) is 12.4 Å². The van der Waals surface area contributed by atoms with E-state index in [1.165, 1.54) is 6.92 Å². The third-order valence-corrected chi connectivity index (χ3v) is 1.83. The summed E-state index contributed by atoms with van der Waals surface area (Å²) in [7, 11) is 0. The van der Waals surface area contributed by atoms with E-state index in [-0.39, 0.29) is 11.7 Å². The van der Waals surface area contributed by atoms with Crippen molar-refractivity contribution in [2.45, 2.75) is 26.3 Å². The second-order valence-electron chi connectivity index (χ2n) is 2.72. The zero-order valence-electron chi connectivity index (χ0n) is 8.28. The fourth-order valence-corrected chi connectivity index (χ4v) is 1.16. The van der Waals surface area contributed by atoms with Crippen LogP contribution in [-0.4, -0.2) is 34.8 Å². The molecule has 0 bridgehead atoms. The summed E-state index contributed by atoms with van der Waals surface area (Å²) in [6.45, 7) is 3.51. The summed E-state index contributed by atoms with van der Waals surface area (Å²) in [5, 5.41) is 2.40. The van der Waals surface area contributed by atoms with Crippen molar-refractivity contribution in [3.63, 3.8) is 0 Å². The van der Waals surface area contributed by atoms with Gasteiger partial charge in [-0.3, -0.25) is 4.79 Å². The smallest absolute Gasteiger partial charge is 0.329 e. The summed E-state index contributed by atoms with van der Waals surface area (Å²) < 4.78 is 13.4. The van der Waals surface area contributed by atoms with E-state index in [0.717, 1.165) is 6.42 Å². The van der Waals surface area contributed by atoms with Crippen molar-refractivity contribution in [1.82, 2.24) is 5.32 Å². The number of hydrogen-bond acceptors (Lipinski definition) is 5. The van der Waals surface area contributed by atoms with Gasteiger partial charge in [-0.05, 0) is 18.5 Å². The van der Waals surface area contributed by atoms with Crippen molar-refractivity contribution >= 4 is 23.9 Å². The van der Waals surface area contributed by atoms with Gasteiger partial charge in [0.1, 0.15) is 6.04 Å². The van der Waals surface area contributed by atoms with Crippen LogP contribution < -0.4 is 5.32 Å². The van der Waals surface area contributed by atoms with E-state index >= 15 is 0 Å². The summed E-state index contributed by atoms with van der Waals surface area (Å²) in [6, 6.07) is -0.769. The molecule has 1 atom stereocenters. The monoisotopic (exact) mass is 221 g/mol. The van der Waals surface area contributed by atoms with Crippen LogP contribution >= 0.6 is 12.0 Å². The molecule has 6 heteroatoms. The number of carbonyl (C=O) groups is 2. The Balaban J connectivity index is 4.03. The van der Waals surface area contributed by atoms with Crippen LogP contribution in [0.5, 0.6) is 0 Å². The van der Waals surface area contributed by atoms with Crippen molar-refractivity contribution in [3.05, 3.63) is 0 Å². The highest BCUT2D eigenvalue weighted by Crippen LogP contribution is 1.99. The Morgan fingerprint density at radius 1 is 1.57 bits per heavy atom. The Morgan fingerprint density at radius 3 is 2.64 bits per heavy atom. The van der Waals surface area contributed by atoms with Crippen LogP contribution in [0.1, 0.15) is 20.3 Å². The maximum absolute atomic E-state index is 11.3. The van der Waals surface area contributed by atoms with Gasteiger partial charge in [-0.15, -0.1) is 0 Å². The molecule has 14 heavy (non-hydrogen) atoms. The molecule has 0 aromatic carbocycles. The van der Waals surface area contributed by atoms with Crippen LogP contribution in [0.2, 0.25) is 0 Å². The molecule has 0 radical (unpaired) electrons. The van der Waals surface area contributed by atoms with Gasteiger partial charge in [0.15, 0.2) is 0 Å². The molecule has 0 aliphatic rings. The van der Waals surface area contributed by atoms with E-state index < -0.39 is 12.0 Å². The fourth-order valence-electron chi connectivity index (χ4n) is 0.792. The molecule has 1 amide bonds. The molecule has 1 unspecified atom stereocenters. The number of amides is 1. The summed E-state index contributed by atoms with van der Waals surface area (Å²) >= 11 is 0.498. The Bertz CT molecular complexity index is 198. The zero-order valence-corrected chi connectivity index (χ0v) is 9.10. The van der Waals surface area contributed by atoms with Gasteiger partial charge in [0, 0.05) is 6.92 Å². The van der Waals surface area contributed by atoms with Crippen LogP contribution in [0.4, 0.5) is 0 Å². The highest BCUT2D eigenvalue weighted by atomic mass is 32.2. The van der Waals surface area contributed by atoms with Gasteiger partial charge in [-0.25, -0.2) is 4.79 Å². The molecule has 0 saturated heterocycles. The molecule has 0 aliphatic heterocycles. The molecule has 82 valence electrons. The first-order valence-corrected chi connectivity index (χ1v) is 5.26. The number of esters is 1. The molecule has 0 rings (SSSR count). The number of hydrogen-bond donors (Lipinski definition) is 2. The summed E-state index contributed by atoms with van der Waals surface area (Å²) in [5.74, 6) is -0.733. The van der Waals surface area contributed by atoms with Crippen molar-refractivity contribution in [3.8, 4) is 0 Å². The molecular formula is C8H15NO4S. The molecule has 0 fully saturated rings. The van der Waals surface area contributed by atoms with E-state index in [0.29, 0.717) is 18.6 Å². The molecule has 0 heterocycles. The lowest BCUT2D eigenvalue weighted by atomic mass is 10.3. The Labute approximate surface area is 87.4 Å². The van der Waals surface area contributed by atoms with Gasteiger partial charge in [0.05, 0.1) is 12.4 Å².